The highest BCUT2D eigenvalue weighted by Crippen LogP contribution is 2.21. The number of benzene rings is 2. The van der Waals surface area contributed by atoms with Gasteiger partial charge in [-0.05, 0) is 55.0 Å². The Morgan fingerprint density at radius 3 is 2.64 bits per heavy atom. The van der Waals surface area contributed by atoms with E-state index in [1.165, 1.54) is 7.11 Å². The van der Waals surface area contributed by atoms with E-state index in [9.17, 15) is 4.79 Å². The van der Waals surface area contributed by atoms with E-state index < -0.39 is 5.97 Å². The summed E-state index contributed by atoms with van der Waals surface area (Å²) < 4.78 is 6.74. The van der Waals surface area contributed by atoms with Gasteiger partial charge in [-0.25, -0.2) is 9.78 Å². The van der Waals surface area contributed by atoms with Crippen LogP contribution in [0.2, 0.25) is 5.02 Å². The van der Waals surface area contributed by atoms with Crippen molar-refractivity contribution in [3.63, 3.8) is 0 Å². The van der Waals surface area contributed by atoms with Crippen molar-refractivity contribution in [2.24, 2.45) is 0 Å². The van der Waals surface area contributed by atoms with Crippen molar-refractivity contribution in [2.75, 3.05) is 12.4 Å². The standard InChI is InChI=1S/C20H19ClN4O2S/c1-13-22-9-10-25(13)16-6-3-14(4-7-16)12-23-20(28)24-15-5-8-18(21)17(11-15)19(26)27-2/h3-11H,12H2,1-2H3,(H2,23,24,28). The second kappa shape index (κ2) is 8.86. The predicted molar refractivity (Wildman–Crippen MR) is 114 cm³/mol. The molecule has 1 heterocycles. The Morgan fingerprint density at radius 2 is 2.00 bits per heavy atom. The molecule has 1 aromatic heterocycles. The van der Waals surface area contributed by atoms with Crippen LogP contribution in [0.3, 0.4) is 0 Å². The normalized spacial score (nSPS) is 10.4. The number of aryl methyl sites for hydroxylation is 1. The lowest BCUT2D eigenvalue weighted by Gasteiger charge is -2.12. The number of hydrogen-bond acceptors (Lipinski definition) is 4. The minimum Gasteiger partial charge on any atom is -0.465 e. The van der Waals surface area contributed by atoms with Crippen LogP contribution in [0.4, 0.5) is 5.69 Å². The Bertz CT molecular complexity index is 1000. The smallest absolute Gasteiger partial charge is 0.339 e. The molecule has 0 atom stereocenters. The van der Waals surface area contributed by atoms with Crippen LogP contribution in [0.1, 0.15) is 21.7 Å². The van der Waals surface area contributed by atoms with E-state index in [2.05, 4.69) is 15.6 Å². The van der Waals surface area contributed by atoms with Crippen LogP contribution < -0.4 is 10.6 Å². The monoisotopic (exact) mass is 414 g/mol. The molecular weight excluding hydrogens is 396 g/mol. The summed E-state index contributed by atoms with van der Waals surface area (Å²) >= 11 is 11.4. The summed E-state index contributed by atoms with van der Waals surface area (Å²) in [6.07, 6.45) is 3.70. The van der Waals surface area contributed by atoms with Crippen LogP contribution in [-0.4, -0.2) is 27.7 Å². The SMILES string of the molecule is COC(=O)c1cc(NC(=S)NCc2ccc(-n3ccnc3C)cc2)ccc1Cl. The molecule has 0 saturated carbocycles. The van der Waals surface area contributed by atoms with Crippen molar-refractivity contribution >= 4 is 40.6 Å². The number of aromatic nitrogens is 2. The molecule has 0 fully saturated rings. The predicted octanol–water partition coefficient (Wildman–Crippen LogP) is 4.11. The van der Waals surface area contributed by atoms with Gasteiger partial charge in [0.05, 0.1) is 17.7 Å². The molecule has 0 aliphatic heterocycles. The molecule has 3 aromatic rings. The zero-order valence-electron chi connectivity index (χ0n) is 15.4. The summed E-state index contributed by atoms with van der Waals surface area (Å²) in [4.78, 5) is 16.0. The van der Waals surface area contributed by atoms with Crippen LogP contribution >= 0.6 is 23.8 Å². The van der Waals surface area contributed by atoms with Gasteiger partial charge in [0, 0.05) is 30.3 Å². The molecule has 0 aliphatic rings. The number of thiocarbonyl (C=S) groups is 1. The molecule has 0 radical (unpaired) electrons. The fraction of sp³-hybridized carbons (Fsp3) is 0.150. The topological polar surface area (TPSA) is 68.2 Å². The van der Waals surface area contributed by atoms with Crippen molar-refractivity contribution in [2.45, 2.75) is 13.5 Å². The maximum atomic E-state index is 11.7. The van der Waals surface area contributed by atoms with Crippen LogP contribution in [0.25, 0.3) is 5.69 Å². The van der Waals surface area contributed by atoms with Crippen molar-refractivity contribution < 1.29 is 9.53 Å². The van der Waals surface area contributed by atoms with E-state index in [1.54, 1.807) is 24.4 Å². The second-order valence-electron chi connectivity index (χ2n) is 6.00. The first-order valence-electron chi connectivity index (χ1n) is 8.50. The number of rotatable bonds is 5. The summed E-state index contributed by atoms with van der Waals surface area (Å²) in [6, 6.07) is 13.1. The number of ether oxygens (including phenoxy) is 1. The van der Waals surface area contributed by atoms with Crippen LogP contribution in [0.15, 0.2) is 54.9 Å². The van der Waals surface area contributed by atoms with E-state index in [4.69, 9.17) is 28.6 Å². The Balaban J connectivity index is 1.59. The zero-order valence-corrected chi connectivity index (χ0v) is 17.0. The lowest BCUT2D eigenvalue weighted by molar-refractivity contribution is 0.0601. The van der Waals surface area contributed by atoms with Gasteiger partial charge in [0.15, 0.2) is 5.11 Å². The maximum absolute atomic E-state index is 11.7. The summed E-state index contributed by atoms with van der Waals surface area (Å²) in [5.74, 6) is 0.436. The van der Waals surface area contributed by atoms with E-state index in [0.29, 0.717) is 22.4 Å². The summed E-state index contributed by atoms with van der Waals surface area (Å²) in [5, 5.41) is 6.95. The molecule has 0 saturated heterocycles. The molecule has 3 rings (SSSR count). The number of methoxy groups -OCH3 is 1. The van der Waals surface area contributed by atoms with Gasteiger partial charge >= 0.3 is 5.97 Å². The molecule has 0 bridgehead atoms. The van der Waals surface area contributed by atoms with Gasteiger partial charge in [0.25, 0.3) is 0 Å². The van der Waals surface area contributed by atoms with E-state index >= 15 is 0 Å². The Morgan fingerprint density at radius 1 is 1.25 bits per heavy atom. The average molecular weight is 415 g/mol. The van der Waals surface area contributed by atoms with Gasteiger partial charge in [-0.2, -0.15) is 0 Å². The fourth-order valence-electron chi connectivity index (χ4n) is 2.65. The van der Waals surface area contributed by atoms with Crippen molar-refractivity contribution in [3.05, 3.63) is 76.8 Å². The number of carbonyl (C=O) groups excluding carboxylic acids is 1. The molecule has 6 nitrogen and oxygen atoms in total. The number of hydrogen-bond donors (Lipinski definition) is 2. The molecule has 144 valence electrons. The highest BCUT2D eigenvalue weighted by molar-refractivity contribution is 7.80. The molecule has 0 aliphatic carbocycles. The van der Waals surface area contributed by atoms with Crippen LogP contribution in [0.5, 0.6) is 0 Å². The van der Waals surface area contributed by atoms with Crippen molar-refractivity contribution in [3.8, 4) is 5.69 Å². The van der Waals surface area contributed by atoms with Gasteiger partial charge in [-0.1, -0.05) is 23.7 Å². The third kappa shape index (κ3) is 4.68. The molecule has 8 heteroatoms. The minimum absolute atomic E-state index is 0.280. The largest absolute Gasteiger partial charge is 0.465 e. The van der Waals surface area contributed by atoms with E-state index in [1.807, 2.05) is 42.0 Å². The first-order chi connectivity index (χ1) is 13.5. The van der Waals surface area contributed by atoms with Gasteiger partial charge < -0.3 is 19.9 Å². The van der Waals surface area contributed by atoms with Gasteiger partial charge in [0.1, 0.15) is 5.82 Å². The Labute approximate surface area is 173 Å². The third-order valence-corrected chi connectivity index (χ3v) is 4.70. The maximum Gasteiger partial charge on any atom is 0.339 e. The molecular formula is C20H19ClN4O2S. The minimum atomic E-state index is -0.499. The van der Waals surface area contributed by atoms with E-state index in [0.717, 1.165) is 17.1 Å². The Kier molecular flexibility index (Phi) is 6.28. The molecule has 0 amide bonds. The number of halogens is 1. The molecule has 0 spiro atoms. The van der Waals surface area contributed by atoms with Gasteiger partial charge in [0.2, 0.25) is 0 Å². The second-order valence-corrected chi connectivity index (χ2v) is 6.82. The van der Waals surface area contributed by atoms with E-state index in [-0.39, 0.29) is 5.56 Å². The highest BCUT2D eigenvalue weighted by atomic mass is 35.5. The summed E-state index contributed by atoms with van der Waals surface area (Å²) in [6.45, 7) is 2.52. The van der Waals surface area contributed by atoms with Crippen molar-refractivity contribution in [1.82, 2.24) is 14.9 Å². The van der Waals surface area contributed by atoms with Crippen LogP contribution in [0, 0.1) is 6.92 Å². The summed E-state index contributed by atoms with van der Waals surface area (Å²) in [7, 11) is 1.31. The number of carbonyl (C=O) groups is 1. The highest BCUT2D eigenvalue weighted by Gasteiger charge is 2.12. The number of anilines is 1. The zero-order chi connectivity index (χ0) is 20.1. The molecule has 0 unspecified atom stereocenters. The number of esters is 1. The average Bonchev–Trinajstić information content (AvgIpc) is 3.13. The van der Waals surface area contributed by atoms with Gasteiger partial charge in [-0.3, -0.25) is 0 Å². The number of imidazole rings is 1. The number of nitrogens with zero attached hydrogens (tertiary/aromatic N) is 2. The third-order valence-electron chi connectivity index (χ3n) is 4.12. The lowest BCUT2D eigenvalue weighted by Crippen LogP contribution is -2.28. The first-order valence-corrected chi connectivity index (χ1v) is 9.28. The molecule has 28 heavy (non-hydrogen) atoms. The lowest BCUT2D eigenvalue weighted by atomic mass is 10.2. The molecule has 2 N–H and O–H groups in total. The van der Waals surface area contributed by atoms with Crippen LogP contribution in [-0.2, 0) is 11.3 Å². The van der Waals surface area contributed by atoms with Crippen molar-refractivity contribution in [1.29, 1.82) is 0 Å². The van der Waals surface area contributed by atoms with Gasteiger partial charge in [-0.15, -0.1) is 0 Å². The fourth-order valence-corrected chi connectivity index (χ4v) is 3.04. The molecule has 2 aromatic carbocycles. The Hall–Kier alpha value is -2.90. The number of nitrogens with one attached hydrogen (secondary N) is 2. The quantitative estimate of drug-likeness (QED) is 0.483. The first kappa shape index (κ1) is 19.9. The summed E-state index contributed by atoms with van der Waals surface area (Å²) in [5.41, 5.74) is 3.06.